The fourth-order valence-electron chi connectivity index (χ4n) is 1.61. The van der Waals surface area contributed by atoms with Gasteiger partial charge in [-0.2, -0.15) is 0 Å². The summed E-state index contributed by atoms with van der Waals surface area (Å²) >= 11 is 6.92. The Kier molecular flexibility index (Phi) is 5.48. The molecule has 0 aliphatic heterocycles. The van der Waals surface area contributed by atoms with E-state index in [1.165, 1.54) is 23.5 Å². The molecule has 3 N–H and O–H groups in total. The number of rotatable bonds is 4. The number of aliphatic hydroxyl groups is 1. The first-order valence-electron chi connectivity index (χ1n) is 6.23. The minimum atomic E-state index is -0.930. The molecule has 1 aromatic heterocycles. The Hall–Kier alpha value is -1.96. The lowest BCUT2D eigenvalue weighted by Gasteiger charge is -2.10. The third-order valence-electron chi connectivity index (χ3n) is 2.71. The molecule has 0 aliphatic rings. The number of carbonyl (C=O) groups excluding carboxylic acids is 2. The molecule has 2 aromatic rings. The van der Waals surface area contributed by atoms with E-state index in [2.05, 4.69) is 10.6 Å². The standard InChI is InChI=1S/C14H12ClFN2O3S/c15-9-6-8(3-4-10(9)16)18-14(21)13(20)17-7-11(19)12-2-1-5-22-12/h1-6,11,19H,7H2,(H,17,20)(H,18,21). The van der Waals surface area contributed by atoms with Crippen LogP contribution in [0.25, 0.3) is 0 Å². The van der Waals surface area contributed by atoms with Crippen molar-refractivity contribution in [3.05, 3.63) is 51.4 Å². The van der Waals surface area contributed by atoms with Crippen LogP contribution in [0.15, 0.2) is 35.7 Å². The molecule has 0 spiro atoms. The molecule has 0 bridgehead atoms. The first kappa shape index (κ1) is 16.4. The Morgan fingerprint density at radius 1 is 1.32 bits per heavy atom. The van der Waals surface area contributed by atoms with E-state index in [0.29, 0.717) is 4.88 Å². The average Bonchev–Trinajstić information content (AvgIpc) is 3.02. The molecule has 116 valence electrons. The van der Waals surface area contributed by atoms with Crippen molar-refractivity contribution in [1.82, 2.24) is 5.32 Å². The first-order valence-corrected chi connectivity index (χ1v) is 7.49. The van der Waals surface area contributed by atoms with Gasteiger partial charge in [-0.3, -0.25) is 9.59 Å². The van der Waals surface area contributed by atoms with E-state index in [1.807, 2.05) is 0 Å². The van der Waals surface area contributed by atoms with Crippen molar-refractivity contribution in [1.29, 1.82) is 0 Å². The Morgan fingerprint density at radius 3 is 2.73 bits per heavy atom. The van der Waals surface area contributed by atoms with Gasteiger partial charge in [-0.15, -0.1) is 11.3 Å². The molecule has 0 saturated heterocycles. The number of aliphatic hydroxyl groups excluding tert-OH is 1. The summed E-state index contributed by atoms with van der Waals surface area (Å²) in [4.78, 5) is 24.0. The maximum Gasteiger partial charge on any atom is 0.313 e. The molecule has 5 nitrogen and oxygen atoms in total. The molecule has 2 amide bonds. The van der Waals surface area contributed by atoms with Crippen LogP contribution in [0, 0.1) is 5.82 Å². The van der Waals surface area contributed by atoms with Gasteiger partial charge in [0, 0.05) is 17.1 Å². The van der Waals surface area contributed by atoms with Gasteiger partial charge in [-0.1, -0.05) is 17.7 Å². The Morgan fingerprint density at radius 2 is 2.09 bits per heavy atom. The molecular weight excluding hydrogens is 331 g/mol. The topological polar surface area (TPSA) is 78.4 Å². The third-order valence-corrected chi connectivity index (χ3v) is 3.97. The monoisotopic (exact) mass is 342 g/mol. The summed E-state index contributed by atoms with van der Waals surface area (Å²) in [6.45, 7) is -0.0864. The van der Waals surface area contributed by atoms with Gasteiger partial charge >= 0.3 is 11.8 Å². The normalized spacial score (nSPS) is 11.8. The summed E-state index contributed by atoms with van der Waals surface area (Å²) in [6, 6.07) is 7.06. The van der Waals surface area contributed by atoms with E-state index >= 15 is 0 Å². The summed E-state index contributed by atoms with van der Waals surface area (Å²) in [6.07, 6.45) is -0.878. The van der Waals surface area contributed by atoms with E-state index in [0.717, 1.165) is 6.07 Å². The number of amides is 2. The number of anilines is 1. The highest BCUT2D eigenvalue weighted by Crippen LogP contribution is 2.19. The molecule has 0 fully saturated rings. The van der Waals surface area contributed by atoms with Gasteiger partial charge in [-0.05, 0) is 29.6 Å². The SMILES string of the molecule is O=C(NCC(O)c1cccs1)C(=O)Nc1ccc(F)c(Cl)c1. The molecular formula is C14H12ClFN2O3S. The number of hydrogen-bond acceptors (Lipinski definition) is 4. The van der Waals surface area contributed by atoms with Crippen molar-refractivity contribution in [2.75, 3.05) is 11.9 Å². The van der Waals surface area contributed by atoms with E-state index in [9.17, 15) is 19.1 Å². The third kappa shape index (κ3) is 4.27. The van der Waals surface area contributed by atoms with Gasteiger partial charge in [0.2, 0.25) is 0 Å². The molecule has 1 atom stereocenters. The lowest BCUT2D eigenvalue weighted by atomic mass is 10.3. The van der Waals surface area contributed by atoms with Gasteiger partial charge in [-0.25, -0.2) is 4.39 Å². The maximum atomic E-state index is 13.0. The fourth-order valence-corrected chi connectivity index (χ4v) is 2.51. The van der Waals surface area contributed by atoms with Crippen LogP contribution in [0.3, 0.4) is 0 Å². The lowest BCUT2D eigenvalue weighted by Crippen LogP contribution is -2.37. The molecule has 1 heterocycles. The molecule has 1 aromatic carbocycles. The van der Waals surface area contributed by atoms with Crippen LogP contribution < -0.4 is 10.6 Å². The summed E-state index contributed by atoms with van der Waals surface area (Å²) in [5.74, 6) is -2.46. The highest BCUT2D eigenvalue weighted by Gasteiger charge is 2.16. The smallest absolute Gasteiger partial charge is 0.313 e. The number of carbonyl (C=O) groups is 2. The molecule has 2 rings (SSSR count). The second kappa shape index (κ2) is 7.35. The molecule has 0 radical (unpaired) electrons. The molecule has 22 heavy (non-hydrogen) atoms. The maximum absolute atomic E-state index is 13.0. The van der Waals surface area contributed by atoms with Gasteiger partial charge in [0.15, 0.2) is 0 Å². The van der Waals surface area contributed by atoms with Crippen molar-refractivity contribution >= 4 is 40.4 Å². The van der Waals surface area contributed by atoms with Crippen LogP contribution in [0.4, 0.5) is 10.1 Å². The van der Waals surface area contributed by atoms with Gasteiger partial charge in [0.25, 0.3) is 0 Å². The van der Waals surface area contributed by atoms with Crippen molar-refractivity contribution in [2.45, 2.75) is 6.10 Å². The van der Waals surface area contributed by atoms with Crippen LogP contribution in [-0.4, -0.2) is 23.5 Å². The zero-order valence-corrected chi connectivity index (χ0v) is 12.7. The number of hydrogen-bond donors (Lipinski definition) is 3. The molecule has 0 saturated carbocycles. The molecule has 8 heteroatoms. The Labute approximate surface area is 134 Å². The van der Waals surface area contributed by atoms with Gasteiger partial charge < -0.3 is 15.7 Å². The number of nitrogens with one attached hydrogen (secondary N) is 2. The predicted octanol–water partition coefficient (Wildman–Crippen LogP) is 2.33. The zero-order chi connectivity index (χ0) is 16.1. The van der Waals surface area contributed by atoms with E-state index < -0.39 is 23.7 Å². The zero-order valence-electron chi connectivity index (χ0n) is 11.2. The van der Waals surface area contributed by atoms with Crippen molar-refractivity contribution < 1.29 is 19.1 Å². The lowest BCUT2D eigenvalue weighted by molar-refractivity contribution is -0.136. The largest absolute Gasteiger partial charge is 0.386 e. The first-order chi connectivity index (χ1) is 10.5. The number of thiophene rings is 1. The van der Waals surface area contributed by atoms with Crippen molar-refractivity contribution in [2.24, 2.45) is 0 Å². The summed E-state index contributed by atoms with van der Waals surface area (Å²) < 4.78 is 13.0. The van der Waals surface area contributed by atoms with Crippen molar-refractivity contribution in [3.8, 4) is 0 Å². The average molecular weight is 343 g/mol. The van der Waals surface area contributed by atoms with Crippen LogP contribution in [0.5, 0.6) is 0 Å². The van der Waals surface area contributed by atoms with E-state index in [-0.39, 0.29) is 17.3 Å². The Bertz CT molecular complexity index is 679. The van der Waals surface area contributed by atoms with Crippen LogP contribution in [-0.2, 0) is 9.59 Å². The van der Waals surface area contributed by atoms with Crippen molar-refractivity contribution in [3.63, 3.8) is 0 Å². The van der Waals surface area contributed by atoms with Crippen LogP contribution in [0.2, 0.25) is 5.02 Å². The quantitative estimate of drug-likeness (QED) is 0.746. The summed E-state index contributed by atoms with van der Waals surface area (Å²) in [5.41, 5.74) is 0.199. The predicted molar refractivity (Wildman–Crippen MR) is 82.3 cm³/mol. The fraction of sp³-hybridized carbons (Fsp3) is 0.143. The second-order valence-electron chi connectivity index (χ2n) is 4.32. The highest BCUT2D eigenvalue weighted by molar-refractivity contribution is 7.10. The summed E-state index contributed by atoms with van der Waals surface area (Å²) in [5, 5.41) is 16.0. The minimum Gasteiger partial charge on any atom is -0.386 e. The Balaban J connectivity index is 1.86. The summed E-state index contributed by atoms with van der Waals surface area (Å²) in [7, 11) is 0. The number of benzene rings is 1. The second-order valence-corrected chi connectivity index (χ2v) is 5.71. The van der Waals surface area contributed by atoms with Gasteiger partial charge in [0.1, 0.15) is 11.9 Å². The van der Waals surface area contributed by atoms with E-state index in [1.54, 1.807) is 17.5 Å². The van der Waals surface area contributed by atoms with E-state index in [4.69, 9.17) is 11.6 Å². The van der Waals surface area contributed by atoms with Gasteiger partial charge in [0.05, 0.1) is 5.02 Å². The molecule has 0 aliphatic carbocycles. The highest BCUT2D eigenvalue weighted by atomic mass is 35.5. The minimum absolute atomic E-state index is 0.0864. The molecule has 1 unspecified atom stereocenters. The van der Waals surface area contributed by atoms with Crippen LogP contribution >= 0.6 is 22.9 Å². The number of halogens is 2. The van der Waals surface area contributed by atoms with Crippen LogP contribution in [0.1, 0.15) is 11.0 Å².